The number of nitrogens with one attached hydrogen (secondary N) is 1. The quantitative estimate of drug-likeness (QED) is 0.834. The van der Waals surface area contributed by atoms with Gasteiger partial charge in [0.25, 0.3) is 0 Å². The molecule has 100 valence electrons. The first kappa shape index (κ1) is 15.0. The van der Waals surface area contributed by atoms with Crippen LogP contribution in [0.15, 0.2) is 24.3 Å². The number of amides is 1. The zero-order chi connectivity index (χ0) is 13.6. The van der Waals surface area contributed by atoms with Crippen molar-refractivity contribution in [3.8, 4) is 0 Å². The molecule has 0 aliphatic heterocycles. The van der Waals surface area contributed by atoms with Gasteiger partial charge in [-0.25, -0.2) is 0 Å². The van der Waals surface area contributed by atoms with E-state index in [1.807, 2.05) is 13.8 Å². The Labute approximate surface area is 112 Å². The molecule has 0 heterocycles. The van der Waals surface area contributed by atoms with E-state index < -0.39 is 5.54 Å². The van der Waals surface area contributed by atoms with Crippen LogP contribution in [0.4, 0.5) is 5.69 Å². The predicted molar refractivity (Wildman–Crippen MR) is 73.8 cm³/mol. The molecule has 0 saturated carbocycles. The third kappa shape index (κ3) is 5.49. The van der Waals surface area contributed by atoms with Gasteiger partial charge >= 0.3 is 0 Å². The highest BCUT2D eigenvalue weighted by Crippen LogP contribution is 2.14. The second-order valence-electron chi connectivity index (χ2n) is 4.56. The van der Waals surface area contributed by atoms with E-state index in [9.17, 15) is 4.79 Å². The predicted octanol–water partition coefficient (Wildman–Crippen LogP) is 2.42. The number of halogens is 1. The minimum Gasteiger partial charge on any atom is -0.370 e. The van der Waals surface area contributed by atoms with Gasteiger partial charge < -0.3 is 15.8 Å². The maximum absolute atomic E-state index is 11.6. The van der Waals surface area contributed by atoms with Crippen molar-refractivity contribution in [2.45, 2.75) is 25.8 Å². The molecule has 1 aromatic carbocycles. The molecule has 3 N–H and O–H groups in total. The standard InChI is InChI=1S/C13H19ClN2O2/c1-3-13(2,15)9-18-8-12(17)16-11-6-4-5-10(14)7-11/h4-7H,3,8-9,15H2,1-2H3,(H,16,17). The molecule has 4 nitrogen and oxygen atoms in total. The fourth-order valence-corrected chi connectivity index (χ4v) is 1.43. The van der Waals surface area contributed by atoms with Gasteiger partial charge in [-0.3, -0.25) is 4.79 Å². The highest BCUT2D eigenvalue weighted by molar-refractivity contribution is 6.30. The molecule has 0 aliphatic carbocycles. The summed E-state index contributed by atoms with van der Waals surface area (Å²) in [6.45, 7) is 4.21. The van der Waals surface area contributed by atoms with Gasteiger partial charge in [-0.05, 0) is 31.5 Å². The molecular weight excluding hydrogens is 252 g/mol. The van der Waals surface area contributed by atoms with Gasteiger partial charge in [-0.2, -0.15) is 0 Å². The maximum Gasteiger partial charge on any atom is 0.250 e. The Morgan fingerprint density at radius 2 is 2.28 bits per heavy atom. The van der Waals surface area contributed by atoms with Crippen LogP contribution in [0.2, 0.25) is 5.02 Å². The molecule has 0 aromatic heterocycles. The molecule has 0 saturated heterocycles. The molecule has 18 heavy (non-hydrogen) atoms. The summed E-state index contributed by atoms with van der Waals surface area (Å²) in [5.74, 6) is -0.218. The molecule has 1 amide bonds. The molecule has 0 fully saturated rings. The number of ether oxygens (including phenoxy) is 1. The second kappa shape index (κ2) is 6.73. The van der Waals surface area contributed by atoms with Crippen LogP contribution >= 0.6 is 11.6 Å². The molecule has 0 radical (unpaired) electrons. The Morgan fingerprint density at radius 1 is 1.56 bits per heavy atom. The van der Waals surface area contributed by atoms with Crippen molar-refractivity contribution in [2.24, 2.45) is 5.73 Å². The molecule has 0 spiro atoms. The van der Waals surface area contributed by atoms with E-state index >= 15 is 0 Å². The molecule has 1 unspecified atom stereocenters. The lowest BCUT2D eigenvalue weighted by Crippen LogP contribution is -2.41. The van der Waals surface area contributed by atoms with Gasteiger partial charge in [0.15, 0.2) is 0 Å². The number of carbonyl (C=O) groups excluding carboxylic acids is 1. The van der Waals surface area contributed by atoms with E-state index in [1.165, 1.54) is 0 Å². The fraction of sp³-hybridized carbons (Fsp3) is 0.462. The van der Waals surface area contributed by atoms with Crippen LogP contribution in [0, 0.1) is 0 Å². The Balaban J connectivity index is 2.34. The van der Waals surface area contributed by atoms with Gasteiger partial charge in [-0.1, -0.05) is 24.6 Å². The van der Waals surface area contributed by atoms with E-state index in [-0.39, 0.29) is 12.5 Å². The highest BCUT2D eigenvalue weighted by atomic mass is 35.5. The van der Waals surface area contributed by atoms with Gasteiger partial charge in [0.1, 0.15) is 6.61 Å². The lowest BCUT2D eigenvalue weighted by atomic mass is 10.0. The van der Waals surface area contributed by atoms with E-state index in [1.54, 1.807) is 24.3 Å². The molecule has 0 bridgehead atoms. The number of carbonyl (C=O) groups is 1. The van der Waals surface area contributed by atoms with E-state index in [2.05, 4.69) is 5.32 Å². The minimum atomic E-state index is -0.393. The van der Waals surface area contributed by atoms with Crippen molar-refractivity contribution >= 4 is 23.2 Å². The lowest BCUT2D eigenvalue weighted by molar-refractivity contribution is -0.121. The van der Waals surface area contributed by atoms with Crippen molar-refractivity contribution in [1.82, 2.24) is 0 Å². The monoisotopic (exact) mass is 270 g/mol. The lowest BCUT2D eigenvalue weighted by Gasteiger charge is -2.22. The van der Waals surface area contributed by atoms with Crippen LogP contribution in [0.5, 0.6) is 0 Å². The zero-order valence-corrected chi connectivity index (χ0v) is 11.5. The number of benzene rings is 1. The summed E-state index contributed by atoms with van der Waals surface area (Å²) >= 11 is 5.81. The van der Waals surface area contributed by atoms with E-state index in [4.69, 9.17) is 22.1 Å². The Morgan fingerprint density at radius 3 is 2.89 bits per heavy atom. The van der Waals surface area contributed by atoms with Crippen molar-refractivity contribution in [1.29, 1.82) is 0 Å². The summed E-state index contributed by atoms with van der Waals surface area (Å²) in [5.41, 5.74) is 6.16. The van der Waals surface area contributed by atoms with Crippen molar-refractivity contribution in [2.75, 3.05) is 18.5 Å². The third-order valence-electron chi connectivity index (χ3n) is 2.58. The number of anilines is 1. The Bertz CT molecular complexity index is 408. The maximum atomic E-state index is 11.6. The van der Waals surface area contributed by atoms with Crippen LogP contribution in [0.1, 0.15) is 20.3 Å². The summed E-state index contributed by atoms with van der Waals surface area (Å²) in [7, 11) is 0. The largest absolute Gasteiger partial charge is 0.370 e. The SMILES string of the molecule is CCC(C)(N)COCC(=O)Nc1cccc(Cl)c1. The number of rotatable bonds is 6. The number of hydrogen-bond acceptors (Lipinski definition) is 3. The van der Waals surface area contributed by atoms with E-state index in [0.717, 1.165) is 6.42 Å². The van der Waals surface area contributed by atoms with Crippen LogP contribution in [0.3, 0.4) is 0 Å². The van der Waals surface area contributed by atoms with Gasteiger partial charge in [-0.15, -0.1) is 0 Å². The van der Waals surface area contributed by atoms with Crippen LogP contribution < -0.4 is 11.1 Å². The zero-order valence-electron chi connectivity index (χ0n) is 10.7. The number of hydrogen-bond donors (Lipinski definition) is 2. The number of nitrogens with two attached hydrogens (primary N) is 1. The smallest absolute Gasteiger partial charge is 0.250 e. The average Bonchev–Trinajstić information content (AvgIpc) is 2.28. The summed E-state index contributed by atoms with van der Waals surface area (Å²) < 4.78 is 5.28. The summed E-state index contributed by atoms with van der Waals surface area (Å²) in [5, 5.41) is 3.28. The molecular formula is C13H19ClN2O2. The minimum absolute atomic E-state index is 0.0146. The second-order valence-corrected chi connectivity index (χ2v) is 5.00. The van der Waals surface area contributed by atoms with Crippen molar-refractivity contribution in [3.05, 3.63) is 29.3 Å². The van der Waals surface area contributed by atoms with Crippen molar-refractivity contribution in [3.63, 3.8) is 0 Å². The summed E-state index contributed by atoms with van der Waals surface area (Å²) in [6.07, 6.45) is 0.795. The highest BCUT2D eigenvalue weighted by Gasteiger charge is 2.16. The molecule has 1 rings (SSSR count). The molecule has 1 aromatic rings. The normalized spacial score (nSPS) is 14.0. The topological polar surface area (TPSA) is 64.3 Å². The Kier molecular flexibility index (Phi) is 5.59. The first-order valence-electron chi connectivity index (χ1n) is 5.85. The summed E-state index contributed by atoms with van der Waals surface area (Å²) in [6, 6.07) is 6.96. The molecule has 1 atom stereocenters. The fourth-order valence-electron chi connectivity index (χ4n) is 1.24. The molecule has 5 heteroatoms. The average molecular weight is 271 g/mol. The van der Waals surface area contributed by atoms with E-state index in [0.29, 0.717) is 17.3 Å². The first-order chi connectivity index (χ1) is 8.43. The Hall–Kier alpha value is -1.10. The first-order valence-corrected chi connectivity index (χ1v) is 6.23. The van der Waals surface area contributed by atoms with Gasteiger partial charge in [0.2, 0.25) is 5.91 Å². The molecule has 0 aliphatic rings. The van der Waals surface area contributed by atoms with Crippen LogP contribution in [-0.2, 0) is 9.53 Å². The third-order valence-corrected chi connectivity index (χ3v) is 2.82. The van der Waals surface area contributed by atoms with Crippen LogP contribution in [0.25, 0.3) is 0 Å². The van der Waals surface area contributed by atoms with Crippen molar-refractivity contribution < 1.29 is 9.53 Å². The van der Waals surface area contributed by atoms with Gasteiger partial charge in [0, 0.05) is 16.2 Å². The van der Waals surface area contributed by atoms with Gasteiger partial charge in [0.05, 0.1) is 6.61 Å². The summed E-state index contributed by atoms with van der Waals surface area (Å²) in [4.78, 5) is 11.6. The van der Waals surface area contributed by atoms with Crippen LogP contribution in [-0.4, -0.2) is 24.7 Å².